The summed E-state index contributed by atoms with van der Waals surface area (Å²) in [7, 11) is 0. The summed E-state index contributed by atoms with van der Waals surface area (Å²) in [5.41, 5.74) is 0. The molecule has 2 heteroatoms. The van der Waals surface area contributed by atoms with Gasteiger partial charge in [0.05, 0.1) is 6.10 Å². The van der Waals surface area contributed by atoms with Crippen molar-refractivity contribution in [2.45, 2.75) is 46.1 Å². The Labute approximate surface area is 80.9 Å². The van der Waals surface area contributed by atoms with E-state index in [4.69, 9.17) is 0 Å². The molecule has 0 fully saturated rings. The highest BCUT2D eigenvalue weighted by atomic mass is 32.2. The molecular formula is C10H22OS. The molecule has 0 radical (unpaired) electrons. The lowest BCUT2D eigenvalue weighted by atomic mass is 10.00. The molecule has 1 N–H and O–H groups in total. The smallest absolute Gasteiger partial charge is 0.0550 e. The summed E-state index contributed by atoms with van der Waals surface area (Å²) >= 11 is 1.91. The van der Waals surface area contributed by atoms with Gasteiger partial charge < -0.3 is 5.11 Å². The fraction of sp³-hybridized carbons (Fsp3) is 1.00. The van der Waals surface area contributed by atoms with Crippen LogP contribution in [0.4, 0.5) is 0 Å². The fourth-order valence-electron chi connectivity index (χ4n) is 1.11. The normalized spacial score (nSPS) is 16.0. The van der Waals surface area contributed by atoms with Gasteiger partial charge in [-0.2, -0.15) is 11.8 Å². The zero-order valence-corrected chi connectivity index (χ0v) is 9.36. The van der Waals surface area contributed by atoms with Crippen LogP contribution in [0.3, 0.4) is 0 Å². The number of aliphatic hydroxyl groups is 1. The van der Waals surface area contributed by atoms with E-state index in [0.29, 0.717) is 5.92 Å². The van der Waals surface area contributed by atoms with Crippen molar-refractivity contribution in [1.82, 2.24) is 0 Å². The van der Waals surface area contributed by atoms with Crippen molar-refractivity contribution in [1.29, 1.82) is 0 Å². The van der Waals surface area contributed by atoms with Crippen LogP contribution in [-0.2, 0) is 0 Å². The lowest BCUT2D eigenvalue weighted by Crippen LogP contribution is -2.12. The van der Waals surface area contributed by atoms with Crippen molar-refractivity contribution in [2.75, 3.05) is 11.5 Å². The first kappa shape index (κ1) is 12.3. The van der Waals surface area contributed by atoms with E-state index in [9.17, 15) is 5.11 Å². The van der Waals surface area contributed by atoms with Gasteiger partial charge in [0.2, 0.25) is 0 Å². The van der Waals surface area contributed by atoms with Gasteiger partial charge in [0.25, 0.3) is 0 Å². The molecule has 2 unspecified atom stereocenters. The predicted molar refractivity (Wildman–Crippen MR) is 57.7 cm³/mol. The van der Waals surface area contributed by atoms with Crippen LogP contribution in [0.15, 0.2) is 0 Å². The molecule has 0 aliphatic rings. The fourth-order valence-corrected chi connectivity index (χ4v) is 1.84. The summed E-state index contributed by atoms with van der Waals surface area (Å²) < 4.78 is 0. The summed E-state index contributed by atoms with van der Waals surface area (Å²) in [6, 6.07) is 0. The number of aliphatic hydroxyl groups excluding tert-OH is 1. The average Bonchev–Trinajstić information content (AvgIpc) is 2.05. The zero-order chi connectivity index (χ0) is 9.40. The third-order valence-corrected chi connectivity index (χ3v) is 3.10. The minimum Gasteiger partial charge on any atom is -0.393 e. The Morgan fingerprint density at radius 3 is 2.50 bits per heavy atom. The van der Waals surface area contributed by atoms with Gasteiger partial charge in [0.1, 0.15) is 0 Å². The molecule has 1 nitrogen and oxygen atoms in total. The SMILES string of the molecule is CCSCCC(O)CC(C)CC. The molecule has 0 saturated heterocycles. The Kier molecular flexibility index (Phi) is 8.14. The molecule has 0 aliphatic heterocycles. The summed E-state index contributed by atoms with van der Waals surface area (Å²) in [6.45, 7) is 6.54. The predicted octanol–water partition coefficient (Wildman–Crippen LogP) is 2.93. The summed E-state index contributed by atoms with van der Waals surface area (Å²) in [5, 5.41) is 9.56. The van der Waals surface area contributed by atoms with Gasteiger partial charge in [-0.3, -0.25) is 0 Å². The number of thioether (sulfide) groups is 1. The van der Waals surface area contributed by atoms with Gasteiger partial charge >= 0.3 is 0 Å². The zero-order valence-electron chi connectivity index (χ0n) is 8.55. The Bertz CT molecular complexity index is 95.8. The van der Waals surface area contributed by atoms with Gasteiger partial charge in [-0.15, -0.1) is 0 Å². The first-order valence-corrected chi connectivity index (χ1v) is 6.11. The maximum absolute atomic E-state index is 9.56. The second-order valence-corrected chi connectivity index (χ2v) is 4.78. The van der Waals surface area contributed by atoms with Crippen LogP contribution in [0.1, 0.15) is 40.0 Å². The number of hydrogen-bond acceptors (Lipinski definition) is 2. The second-order valence-electron chi connectivity index (χ2n) is 3.39. The summed E-state index contributed by atoms with van der Waals surface area (Å²) in [6.07, 6.45) is 3.04. The van der Waals surface area contributed by atoms with Gasteiger partial charge in [0.15, 0.2) is 0 Å². The molecule has 0 heterocycles. The Morgan fingerprint density at radius 1 is 1.33 bits per heavy atom. The van der Waals surface area contributed by atoms with E-state index in [0.717, 1.165) is 24.3 Å². The minimum atomic E-state index is -0.0704. The van der Waals surface area contributed by atoms with Crippen LogP contribution >= 0.6 is 11.8 Å². The van der Waals surface area contributed by atoms with E-state index in [1.165, 1.54) is 6.42 Å². The molecule has 0 aromatic carbocycles. The highest BCUT2D eigenvalue weighted by Gasteiger charge is 2.07. The van der Waals surface area contributed by atoms with Crippen LogP contribution < -0.4 is 0 Å². The standard InChI is InChI=1S/C10H22OS/c1-4-9(3)8-10(11)6-7-12-5-2/h9-11H,4-8H2,1-3H3. The van der Waals surface area contributed by atoms with Gasteiger partial charge in [-0.1, -0.05) is 27.2 Å². The molecule has 0 bridgehead atoms. The molecule has 2 atom stereocenters. The number of hydrogen-bond donors (Lipinski definition) is 1. The van der Waals surface area contributed by atoms with Crippen LogP contribution in [0, 0.1) is 5.92 Å². The summed E-state index contributed by atoms with van der Waals surface area (Å²) in [4.78, 5) is 0. The maximum Gasteiger partial charge on any atom is 0.0550 e. The second kappa shape index (κ2) is 7.93. The highest BCUT2D eigenvalue weighted by molar-refractivity contribution is 7.99. The van der Waals surface area contributed by atoms with Crippen molar-refractivity contribution in [3.8, 4) is 0 Å². The molecule has 12 heavy (non-hydrogen) atoms. The van der Waals surface area contributed by atoms with E-state index >= 15 is 0 Å². The van der Waals surface area contributed by atoms with Gasteiger partial charge in [-0.25, -0.2) is 0 Å². The highest BCUT2D eigenvalue weighted by Crippen LogP contribution is 2.13. The maximum atomic E-state index is 9.56. The molecule has 0 saturated carbocycles. The van der Waals surface area contributed by atoms with Crippen molar-refractivity contribution in [3.63, 3.8) is 0 Å². The average molecular weight is 190 g/mol. The van der Waals surface area contributed by atoms with Crippen LogP contribution in [0.2, 0.25) is 0 Å². The topological polar surface area (TPSA) is 20.2 Å². The molecular weight excluding hydrogens is 168 g/mol. The Hall–Kier alpha value is 0.310. The van der Waals surface area contributed by atoms with Crippen molar-refractivity contribution < 1.29 is 5.11 Å². The number of rotatable bonds is 7. The van der Waals surface area contributed by atoms with E-state index in [-0.39, 0.29) is 6.10 Å². The Morgan fingerprint density at radius 2 is 2.00 bits per heavy atom. The quantitative estimate of drug-likeness (QED) is 0.623. The van der Waals surface area contributed by atoms with Crippen LogP contribution in [-0.4, -0.2) is 22.7 Å². The van der Waals surface area contributed by atoms with Crippen molar-refractivity contribution in [3.05, 3.63) is 0 Å². The molecule has 0 aromatic heterocycles. The van der Waals surface area contributed by atoms with Gasteiger partial charge in [-0.05, 0) is 30.3 Å². The van der Waals surface area contributed by atoms with Gasteiger partial charge in [0, 0.05) is 0 Å². The molecule has 74 valence electrons. The van der Waals surface area contributed by atoms with E-state index < -0.39 is 0 Å². The van der Waals surface area contributed by atoms with E-state index in [1.54, 1.807) is 0 Å². The lowest BCUT2D eigenvalue weighted by molar-refractivity contribution is 0.142. The third kappa shape index (κ3) is 6.99. The van der Waals surface area contributed by atoms with Crippen LogP contribution in [0.25, 0.3) is 0 Å². The monoisotopic (exact) mass is 190 g/mol. The van der Waals surface area contributed by atoms with E-state index in [1.807, 2.05) is 11.8 Å². The molecule has 0 spiro atoms. The lowest BCUT2D eigenvalue weighted by Gasteiger charge is -2.14. The molecule has 0 aromatic rings. The third-order valence-electron chi connectivity index (χ3n) is 2.17. The molecule has 0 rings (SSSR count). The molecule has 0 aliphatic carbocycles. The first-order chi connectivity index (χ1) is 5.70. The summed E-state index contributed by atoms with van der Waals surface area (Å²) in [5.74, 6) is 2.94. The van der Waals surface area contributed by atoms with Crippen molar-refractivity contribution in [2.24, 2.45) is 5.92 Å². The minimum absolute atomic E-state index is 0.0704. The van der Waals surface area contributed by atoms with Crippen molar-refractivity contribution >= 4 is 11.8 Å². The Balaban J connectivity index is 3.26. The van der Waals surface area contributed by atoms with Crippen LogP contribution in [0.5, 0.6) is 0 Å². The van der Waals surface area contributed by atoms with E-state index in [2.05, 4.69) is 20.8 Å². The molecule has 0 amide bonds. The largest absolute Gasteiger partial charge is 0.393 e. The first-order valence-electron chi connectivity index (χ1n) is 4.96.